The van der Waals surface area contributed by atoms with Crippen LogP contribution in [0.2, 0.25) is 0 Å². The van der Waals surface area contributed by atoms with E-state index < -0.39 is 0 Å². The maximum atomic E-state index is 12.2. The summed E-state index contributed by atoms with van der Waals surface area (Å²) in [6.45, 7) is 5.05. The number of benzene rings is 1. The summed E-state index contributed by atoms with van der Waals surface area (Å²) >= 11 is 3.47. The summed E-state index contributed by atoms with van der Waals surface area (Å²) in [7, 11) is 0. The smallest absolute Gasteiger partial charge is 0.227 e. The van der Waals surface area contributed by atoms with Gasteiger partial charge in [-0.05, 0) is 30.7 Å². The first-order chi connectivity index (χ1) is 9.19. The minimum Gasteiger partial charge on any atom is -0.356 e. The van der Waals surface area contributed by atoms with E-state index in [-0.39, 0.29) is 11.8 Å². The van der Waals surface area contributed by atoms with Crippen molar-refractivity contribution in [3.63, 3.8) is 0 Å². The Hall–Kier alpha value is -0.830. The molecular formula is C16H24BrNO. The van der Waals surface area contributed by atoms with E-state index in [9.17, 15) is 4.79 Å². The molecule has 0 aromatic heterocycles. The van der Waals surface area contributed by atoms with Crippen molar-refractivity contribution in [1.29, 1.82) is 0 Å². The summed E-state index contributed by atoms with van der Waals surface area (Å²) in [5.74, 6) is 0.808. The topological polar surface area (TPSA) is 29.1 Å². The molecule has 1 N–H and O–H groups in total. The van der Waals surface area contributed by atoms with E-state index in [1.807, 2.05) is 30.3 Å². The van der Waals surface area contributed by atoms with Crippen LogP contribution in [-0.2, 0) is 4.79 Å². The summed E-state index contributed by atoms with van der Waals surface area (Å²) in [5, 5.41) is 4.09. The zero-order chi connectivity index (χ0) is 14.1. The van der Waals surface area contributed by atoms with E-state index >= 15 is 0 Å². The molecule has 0 saturated carbocycles. The summed E-state index contributed by atoms with van der Waals surface area (Å²) in [6.07, 6.45) is 3.03. The predicted octanol–water partition coefficient (Wildman–Crippen LogP) is 4.11. The molecule has 0 aliphatic carbocycles. The van der Waals surface area contributed by atoms with Crippen LogP contribution < -0.4 is 5.32 Å². The molecule has 1 rings (SSSR count). The lowest BCUT2D eigenvalue weighted by Crippen LogP contribution is -2.30. The first-order valence-electron chi connectivity index (χ1n) is 7.07. The zero-order valence-corrected chi connectivity index (χ0v) is 13.4. The van der Waals surface area contributed by atoms with Gasteiger partial charge in [-0.1, -0.05) is 60.1 Å². The SMILES string of the molecule is CCC(C(=O)NCCCC(C)CBr)c1ccccc1. The molecule has 0 bridgehead atoms. The van der Waals surface area contributed by atoms with Gasteiger partial charge in [0.25, 0.3) is 0 Å². The minimum atomic E-state index is -0.0187. The molecule has 2 unspecified atom stereocenters. The molecule has 0 spiro atoms. The van der Waals surface area contributed by atoms with E-state index in [2.05, 4.69) is 35.1 Å². The fourth-order valence-corrected chi connectivity index (χ4v) is 2.44. The van der Waals surface area contributed by atoms with E-state index in [0.29, 0.717) is 5.92 Å². The van der Waals surface area contributed by atoms with Crippen LogP contribution in [0, 0.1) is 5.92 Å². The molecule has 0 radical (unpaired) electrons. The number of carbonyl (C=O) groups is 1. The molecule has 0 aliphatic heterocycles. The quantitative estimate of drug-likeness (QED) is 0.565. The molecule has 2 atom stereocenters. The molecule has 1 aromatic carbocycles. The molecule has 0 saturated heterocycles. The first kappa shape index (κ1) is 16.2. The van der Waals surface area contributed by atoms with Crippen LogP contribution in [0.4, 0.5) is 0 Å². The Bertz CT molecular complexity index is 366. The minimum absolute atomic E-state index is 0.0187. The summed E-state index contributed by atoms with van der Waals surface area (Å²) in [5.41, 5.74) is 1.11. The average molecular weight is 326 g/mol. The van der Waals surface area contributed by atoms with Crippen LogP contribution in [-0.4, -0.2) is 17.8 Å². The Morgan fingerprint density at radius 3 is 2.58 bits per heavy atom. The standard InChI is InChI=1S/C16H24BrNO/c1-3-15(14-9-5-4-6-10-14)16(19)18-11-7-8-13(2)12-17/h4-6,9-10,13,15H,3,7-8,11-12H2,1-2H3,(H,18,19). The highest BCUT2D eigenvalue weighted by atomic mass is 79.9. The van der Waals surface area contributed by atoms with E-state index in [4.69, 9.17) is 0 Å². The Morgan fingerprint density at radius 2 is 2.00 bits per heavy atom. The van der Waals surface area contributed by atoms with Crippen LogP contribution in [0.5, 0.6) is 0 Å². The Balaban J connectivity index is 2.39. The number of amides is 1. The number of alkyl halides is 1. The Labute approximate surface area is 125 Å². The lowest BCUT2D eigenvalue weighted by molar-refractivity contribution is -0.122. The summed E-state index contributed by atoms with van der Waals surface area (Å²) in [6, 6.07) is 10.0. The third-order valence-electron chi connectivity index (χ3n) is 3.36. The van der Waals surface area contributed by atoms with Gasteiger partial charge in [0.15, 0.2) is 0 Å². The molecule has 0 fully saturated rings. The highest BCUT2D eigenvalue weighted by molar-refractivity contribution is 9.09. The molecule has 3 heteroatoms. The van der Waals surface area contributed by atoms with Crippen molar-refractivity contribution in [3.8, 4) is 0 Å². The van der Waals surface area contributed by atoms with Crippen molar-refractivity contribution in [2.24, 2.45) is 5.92 Å². The number of hydrogen-bond donors (Lipinski definition) is 1. The van der Waals surface area contributed by atoms with Crippen molar-refractivity contribution in [2.45, 2.75) is 39.0 Å². The normalized spacial score (nSPS) is 13.8. The van der Waals surface area contributed by atoms with Crippen molar-refractivity contribution < 1.29 is 4.79 Å². The van der Waals surface area contributed by atoms with E-state index in [1.165, 1.54) is 0 Å². The summed E-state index contributed by atoms with van der Waals surface area (Å²) < 4.78 is 0. The number of carbonyl (C=O) groups excluding carboxylic acids is 1. The maximum Gasteiger partial charge on any atom is 0.227 e. The van der Waals surface area contributed by atoms with Gasteiger partial charge in [0.1, 0.15) is 0 Å². The van der Waals surface area contributed by atoms with Gasteiger partial charge < -0.3 is 5.32 Å². The second-order valence-electron chi connectivity index (χ2n) is 5.06. The molecule has 1 aromatic rings. The van der Waals surface area contributed by atoms with Gasteiger partial charge in [-0.2, -0.15) is 0 Å². The van der Waals surface area contributed by atoms with Crippen molar-refractivity contribution in [3.05, 3.63) is 35.9 Å². The molecule has 2 nitrogen and oxygen atoms in total. The molecular weight excluding hydrogens is 302 g/mol. The Morgan fingerprint density at radius 1 is 1.32 bits per heavy atom. The lowest BCUT2D eigenvalue weighted by atomic mass is 9.95. The van der Waals surface area contributed by atoms with E-state index in [0.717, 1.165) is 36.7 Å². The summed E-state index contributed by atoms with van der Waals surface area (Å²) in [4.78, 5) is 12.2. The predicted molar refractivity (Wildman–Crippen MR) is 84.7 cm³/mol. The van der Waals surface area contributed by atoms with Crippen LogP contribution >= 0.6 is 15.9 Å². The van der Waals surface area contributed by atoms with Crippen LogP contribution in [0.1, 0.15) is 44.6 Å². The first-order valence-corrected chi connectivity index (χ1v) is 8.19. The second kappa shape index (κ2) is 9.13. The third kappa shape index (κ3) is 5.77. The molecule has 1 amide bonds. The molecule has 0 heterocycles. The zero-order valence-electron chi connectivity index (χ0n) is 11.9. The van der Waals surface area contributed by atoms with Crippen LogP contribution in [0.3, 0.4) is 0 Å². The van der Waals surface area contributed by atoms with Gasteiger partial charge in [0, 0.05) is 11.9 Å². The fourth-order valence-electron chi connectivity index (χ4n) is 2.12. The highest BCUT2D eigenvalue weighted by Crippen LogP contribution is 2.19. The molecule has 0 aliphatic rings. The van der Waals surface area contributed by atoms with Crippen molar-refractivity contribution >= 4 is 21.8 Å². The maximum absolute atomic E-state index is 12.2. The fraction of sp³-hybridized carbons (Fsp3) is 0.562. The van der Waals surface area contributed by atoms with Gasteiger partial charge in [-0.25, -0.2) is 0 Å². The van der Waals surface area contributed by atoms with Gasteiger partial charge in [-0.3, -0.25) is 4.79 Å². The number of nitrogens with one attached hydrogen (secondary N) is 1. The monoisotopic (exact) mass is 325 g/mol. The molecule has 106 valence electrons. The number of halogens is 1. The lowest BCUT2D eigenvalue weighted by Gasteiger charge is -2.15. The van der Waals surface area contributed by atoms with Gasteiger partial charge >= 0.3 is 0 Å². The van der Waals surface area contributed by atoms with Crippen LogP contribution in [0.15, 0.2) is 30.3 Å². The van der Waals surface area contributed by atoms with Gasteiger partial charge in [0.2, 0.25) is 5.91 Å². The average Bonchev–Trinajstić information content (AvgIpc) is 2.45. The number of rotatable bonds is 8. The van der Waals surface area contributed by atoms with Crippen molar-refractivity contribution in [2.75, 3.05) is 11.9 Å². The van der Waals surface area contributed by atoms with E-state index in [1.54, 1.807) is 0 Å². The second-order valence-corrected chi connectivity index (χ2v) is 5.71. The largest absolute Gasteiger partial charge is 0.356 e. The van der Waals surface area contributed by atoms with Crippen molar-refractivity contribution in [1.82, 2.24) is 5.32 Å². The Kier molecular flexibility index (Phi) is 7.80. The third-order valence-corrected chi connectivity index (χ3v) is 4.47. The van der Waals surface area contributed by atoms with Crippen LogP contribution in [0.25, 0.3) is 0 Å². The number of hydrogen-bond acceptors (Lipinski definition) is 1. The van der Waals surface area contributed by atoms with Gasteiger partial charge in [0.05, 0.1) is 5.92 Å². The van der Waals surface area contributed by atoms with Gasteiger partial charge in [-0.15, -0.1) is 0 Å². The highest BCUT2D eigenvalue weighted by Gasteiger charge is 2.17. The molecule has 19 heavy (non-hydrogen) atoms.